The predicted molar refractivity (Wildman–Crippen MR) is 84.1 cm³/mol. The van der Waals surface area contributed by atoms with Crippen LogP contribution in [0, 0.1) is 5.82 Å². The Hall–Kier alpha value is -1.71. The lowest BCUT2D eigenvalue weighted by atomic mass is 9.94. The average Bonchev–Trinajstić information content (AvgIpc) is 2.49. The summed E-state index contributed by atoms with van der Waals surface area (Å²) in [5.41, 5.74) is 8.10. The smallest absolute Gasteiger partial charge is 0.137 e. The molecule has 3 aromatic rings. The number of fused-ring (bicyclic) bond motifs is 1. The molecule has 0 aromatic heterocycles. The molecule has 0 aliphatic carbocycles. The second-order valence-electron chi connectivity index (χ2n) is 4.69. The van der Waals surface area contributed by atoms with E-state index in [0.717, 1.165) is 21.9 Å². The van der Waals surface area contributed by atoms with E-state index in [0.29, 0.717) is 4.47 Å². The van der Waals surface area contributed by atoms with Crippen LogP contribution in [0.2, 0.25) is 0 Å². The van der Waals surface area contributed by atoms with Crippen LogP contribution in [0.3, 0.4) is 0 Å². The van der Waals surface area contributed by atoms with Crippen molar-refractivity contribution in [3.8, 4) is 0 Å². The quantitative estimate of drug-likeness (QED) is 0.718. The van der Waals surface area contributed by atoms with Crippen molar-refractivity contribution in [2.45, 2.75) is 6.04 Å². The van der Waals surface area contributed by atoms with E-state index in [9.17, 15) is 4.39 Å². The average molecular weight is 330 g/mol. The van der Waals surface area contributed by atoms with Gasteiger partial charge in [-0.25, -0.2) is 4.39 Å². The Morgan fingerprint density at radius 1 is 0.850 bits per heavy atom. The molecular weight excluding hydrogens is 317 g/mol. The zero-order valence-electron chi connectivity index (χ0n) is 10.7. The summed E-state index contributed by atoms with van der Waals surface area (Å²) in [5, 5.41) is 2.23. The topological polar surface area (TPSA) is 26.0 Å². The summed E-state index contributed by atoms with van der Waals surface area (Å²) in [5.74, 6) is -0.293. The Kier molecular flexibility index (Phi) is 3.55. The van der Waals surface area contributed by atoms with Crippen molar-refractivity contribution >= 4 is 26.7 Å². The molecule has 3 rings (SSSR count). The number of hydrogen-bond donors (Lipinski definition) is 1. The minimum Gasteiger partial charge on any atom is -0.320 e. The Morgan fingerprint density at radius 3 is 2.35 bits per heavy atom. The normalized spacial score (nSPS) is 12.6. The summed E-state index contributed by atoms with van der Waals surface area (Å²) < 4.78 is 14.1. The molecule has 1 nitrogen and oxygen atoms in total. The molecule has 0 saturated heterocycles. The van der Waals surface area contributed by atoms with E-state index in [1.165, 1.54) is 6.07 Å². The van der Waals surface area contributed by atoms with E-state index < -0.39 is 0 Å². The third-order valence-electron chi connectivity index (χ3n) is 3.47. The lowest BCUT2D eigenvalue weighted by molar-refractivity contribution is 0.616. The van der Waals surface area contributed by atoms with Gasteiger partial charge in [0.15, 0.2) is 0 Å². The minimum absolute atomic E-state index is 0.293. The molecule has 1 atom stereocenters. The Labute approximate surface area is 125 Å². The van der Waals surface area contributed by atoms with Gasteiger partial charge in [-0.1, -0.05) is 54.6 Å². The monoisotopic (exact) mass is 329 g/mol. The van der Waals surface area contributed by atoms with Gasteiger partial charge in [0.05, 0.1) is 10.5 Å². The van der Waals surface area contributed by atoms with Gasteiger partial charge in [-0.3, -0.25) is 0 Å². The first kappa shape index (κ1) is 13.3. The molecule has 0 heterocycles. The van der Waals surface area contributed by atoms with Crippen LogP contribution in [-0.2, 0) is 0 Å². The maximum Gasteiger partial charge on any atom is 0.137 e. The van der Waals surface area contributed by atoms with E-state index in [4.69, 9.17) is 5.73 Å². The van der Waals surface area contributed by atoms with Gasteiger partial charge in [-0.2, -0.15) is 0 Å². The second-order valence-corrected chi connectivity index (χ2v) is 5.48. The molecule has 0 saturated carbocycles. The molecule has 0 aliphatic rings. The number of benzene rings is 3. The molecule has 0 bridgehead atoms. The van der Waals surface area contributed by atoms with Crippen LogP contribution in [0.15, 0.2) is 65.1 Å². The van der Waals surface area contributed by atoms with Crippen molar-refractivity contribution in [2.24, 2.45) is 5.73 Å². The SMILES string of the molecule is NC(c1cccc(F)c1Br)c1cccc2ccccc12. The standard InChI is InChI=1S/C17H13BrFN/c18-16-14(9-4-10-15(16)19)17(20)13-8-3-6-11-5-1-2-7-12(11)13/h1-10,17H,20H2. The van der Waals surface area contributed by atoms with Crippen molar-refractivity contribution in [1.29, 1.82) is 0 Å². The van der Waals surface area contributed by atoms with Crippen molar-refractivity contribution in [3.05, 3.63) is 82.1 Å². The van der Waals surface area contributed by atoms with Crippen molar-refractivity contribution < 1.29 is 4.39 Å². The summed E-state index contributed by atoms with van der Waals surface area (Å²) in [6.45, 7) is 0. The van der Waals surface area contributed by atoms with Crippen molar-refractivity contribution in [3.63, 3.8) is 0 Å². The third kappa shape index (κ3) is 2.23. The molecular formula is C17H13BrFN. The van der Waals surface area contributed by atoms with Gasteiger partial charge in [0, 0.05) is 0 Å². The van der Waals surface area contributed by atoms with Crippen molar-refractivity contribution in [2.75, 3.05) is 0 Å². The van der Waals surface area contributed by atoms with Gasteiger partial charge in [0.2, 0.25) is 0 Å². The highest BCUT2D eigenvalue weighted by atomic mass is 79.9. The van der Waals surface area contributed by atoms with Gasteiger partial charge < -0.3 is 5.73 Å². The van der Waals surface area contributed by atoms with Crippen LogP contribution >= 0.6 is 15.9 Å². The van der Waals surface area contributed by atoms with E-state index in [2.05, 4.69) is 15.9 Å². The number of nitrogens with two attached hydrogens (primary N) is 1. The molecule has 3 heteroatoms. The van der Waals surface area contributed by atoms with Crippen LogP contribution < -0.4 is 5.73 Å². The summed E-state index contributed by atoms with van der Waals surface area (Å²) in [6.07, 6.45) is 0. The first-order valence-electron chi connectivity index (χ1n) is 6.35. The van der Waals surface area contributed by atoms with Crippen LogP contribution in [0.1, 0.15) is 17.2 Å². The maximum atomic E-state index is 13.7. The van der Waals surface area contributed by atoms with Crippen molar-refractivity contribution in [1.82, 2.24) is 0 Å². The molecule has 0 fully saturated rings. The molecule has 20 heavy (non-hydrogen) atoms. The summed E-state index contributed by atoms with van der Waals surface area (Å²) in [4.78, 5) is 0. The maximum absolute atomic E-state index is 13.7. The van der Waals surface area contributed by atoms with E-state index in [-0.39, 0.29) is 11.9 Å². The number of rotatable bonds is 2. The fourth-order valence-corrected chi connectivity index (χ4v) is 2.96. The molecule has 100 valence electrons. The predicted octanol–water partition coefficient (Wildman–Crippen LogP) is 4.79. The zero-order valence-corrected chi connectivity index (χ0v) is 12.3. The number of hydrogen-bond acceptors (Lipinski definition) is 1. The highest BCUT2D eigenvalue weighted by Gasteiger charge is 2.16. The van der Waals surface area contributed by atoms with Gasteiger partial charge in [-0.15, -0.1) is 0 Å². The largest absolute Gasteiger partial charge is 0.320 e. The van der Waals surface area contributed by atoms with Crippen LogP contribution in [0.5, 0.6) is 0 Å². The minimum atomic E-state index is -0.369. The molecule has 2 N–H and O–H groups in total. The molecule has 0 spiro atoms. The Bertz CT molecular complexity index is 765. The van der Waals surface area contributed by atoms with Gasteiger partial charge in [-0.05, 0) is 43.9 Å². The molecule has 3 aromatic carbocycles. The first-order chi connectivity index (χ1) is 9.68. The van der Waals surface area contributed by atoms with E-state index in [1.807, 2.05) is 48.5 Å². The molecule has 1 unspecified atom stereocenters. The fraction of sp³-hybridized carbons (Fsp3) is 0.0588. The number of halogens is 2. The highest BCUT2D eigenvalue weighted by Crippen LogP contribution is 2.32. The molecule has 0 radical (unpaired) electrons. The van der Waals surface area contributed by atoms with E-state index in [1.54, 1.807) is 6.07 Å². The van der Waals surface area contributed by atoms with Crippen LogP contribution in [0.25, 0.3) is 10.8 Å². The van der Waals surface area contributed by atoms with Gasteiger partial charge in [0.25, 0.3) is 0 Å². The fourth-order valence-electron chi connectivity index (χ4n) is 2.45. The van der Waals surface area contributed by atoms with Gasteiger partial charge in [0.1, 0.15) is 5.82 Å². The lowest BCUT2D eigenvalue weighted by Gasteiger charge is -2.17. The third-order valence-corrected chi connectivity index (χ3v) is 4.31. The van der Waals surface area contributed by atoms with Gasteiger partial charge >= 0.3 is 0 Å². The lowest BCUT2D eigenvalue weighted by Crippen LogP contribution is -2.13. The Morgan fingerprint density at radius 2 is 1.50 bits per heavy atom. The summed E-state index contributed by atoms with van der Waals surface area (Å²) in [7, 11) is 0. The summed E-state index contributed by atoms with van der Waals surface area (Å²) >= 11 is 3.29. The molecule has 0 amide bonds. The summed E-state index contributed by atoms with van der Waals surface area (Å²) in [6, 6.07) is 18.7. The first-order valence-corrected chi connectivity index (χ1v) is 7.15. The second kappa shape index (κ2) is 5.35. The zero-order chi connectivity index (χ0) is 14.1. The van der Waals surface area contributed by atoms with Crippen LogP contribution in [0.4, 0.5) is 4.39 Å². The van der Waals surface area contributed by atoms with E-state index >= 15 is 0 Å². The highest BCUT2D eigenvalue weighted by molar-refractivity contribution is 9.10. The van der Waals surface area contributed by atoms with Crippen LogP contribution in [-0.4, -0.2) is 0 Å². The Balaban J connectivity index is 2.18. The molecule has 0 aliphatic heterocycles.